The van der Waals surface area contributed by atoms with Crippen LogP contribution in [0.2, 0.25) is 0 Å². The number of carbonyl (C=O) groups is 1. The minimum absolute atomic E-state index is 0.132. The quantitative estimate of drug-likeness (QED) is 0.401. The molecule has 1 heterocycles. The molecule has 1 fully saturated rings. The minimum atomic E-state index is -0.572. The van der Waals surface area contributed by atoms with Crippen LogP contribution in [-0.2, 0) is 0 Å². The van der Waals surface area contributed by atoms with Crippen LogP contribution in [0.25, 0.3) is 10.9 Å². The molecular weight excluding hydrogens is 360 g/mol. The van der Waals surface area contributed by atoms with Crippen molar-refractivity contribution in [2.45, 2.75) is 18.8 Å². The summed E-state index contributed by atoms with van der Waals surface area (Å²) in [6.07, 6.45) is 3.30. The van der Waals surface area contributed by atoms with Crippen molar-refractivity contribution in [1.82, 2.24) is 10.4 Å². The summed E-state index contributed by atoms with van der Waals surface area (Å²) in [5, 5.41) is 25.2. The number of amides is 1. The fourth-order valence-corrected chi connectivity index (χ4v) is 2.95. The molecule has 2 N–H and O–H groups in total. The second-order valence-corrected chi connectivity index (χ2v) is 6.59. The number of nitrogens with zero attached hydrogens (tertiary/aromatic N) is 3. The molecule has 3 aromatic rings. The third-order valence-corrected chi connectivity index (χ3v) is 4.57. The summed E-state index contributed by atoms with van der Waals surface area (Å²) in [5.74, 6) is -0.197. The Balaban J connectivity index is 1.60. The van der Waals surface area contributed by atoms with Crippen LogP contribution in [0.4, 0.5) is 5.69 Å². The number of hydrogen-bond acceptors (Lipinski definition) is 6. The first-order valence-electron chi connectivity index (χ1n) is 8.73. The lowest BCUT2D eigenvalue weighted by Gasteiger charge is -2.08. The van der Waals surface area contributed by atoms with Gasteiger partial charge in [-0.05, 0) is 31.0 Å². The van der Waals surface area contributed by atoms with Gasteiger partial charge in [0.2, 0.25) is 0 Å². The SMILES string of the molecule is O=C(N/N=C\c1cc([N+](=O)[O-])ccc1O)c1cc(C2CC2)nc2ccccc12. The molecule has 0 bridgehead atoms. The predicted molar refractivity (Wildman–Crippen MR) is 104 cm³/mol. The van der Waals surface area contributed by atoms with Crippen LogP contribution >= 0.6 is 0 Å². The van der Waals surface area contributed by atoms with Crippen LogP contribution in [0.1, 0.15) is 40.4 Å². The Kier molecular flexibility index (Phi) is 4.44. The van der Waals surface area contributed by atoms with Crippen molar-refractivity contribution < 1.29 is 14.8 Å². The molecule has 1 aliphatic rings. The number of para-hydroxylation sites is 1. The van der Waals surface area contributed by atoms with Crippen LogP contribution in [0.3, 0.4) is 0 Å². The number of carbonyl (C=O) groups excluding carboxylic acids is 1. The Morgan fingerprint density at radius 3 is 2.79 bits per heavy atom. The number of fused-ring (bicyclic) bond motifs is 1. The zero-order valence-corrected chi connectivity index (χ0v) is 14.7. The third-order valence-electron chi connectivity index (χ3n) is 4.57. The van der Waals surface area contributed by atoms with E-state index >= 15 is 0 Å². The molecule has 140 valence electrons. The van der Waals surface area contributed by atoms with Gasteiger partial charge in [-0.15, -0.1) is 0 Å². The molecule has 0 saturated heterocycles. The van der Waals surface area contributed by atoms with Crippen LogP contribution in [0, 0.1) is 10.1 Å². The molecular formula is C20H16N4O4. The summed E-state index contributed by atoms with van der Waals surface area (Å²) in [6, 6.07) is 12.8. The van der Waals surface area contributed by atoms with Gasteiger partial charge in [-0.1, -0.05) is 18.2 Å². The fourth-order valence-electron chi connectivity index (χ4n) is 2.95. The van der Waals surface area contributed by atoms with E-state index in [4.69, 9.17) is 0 Å². The number of pyridine rings is 1. The summed E-state index contributed by atoms with van der Waals surface area (Å²) in [4.78, 5) is 27.6. The molecule has 28 heavy (non-hydrogen) atoms. The van der Waals surface area contributed by atoms with Crippen LogP contribution < -0.4 is 5.43 Å². The van der Waals surface area contributed by atoms with Gasteiger partial charge in [-0.3, -0.25) is 19.9 Å². The lowest BCUT2D eigenvalue weighted by molar-refractivity contribution is -0.384. The number of nitrogens with one attached hydrogen (secondary N) is 1. The number of nitro benzene ring substituents is 1. The Morgan fingerprint density at radius 2 is 2.04 bits per heavy atom. The van der Waals surface area contributed by atoms with Gasteiger partial charge < -0.3 is 5.11 Å². The van der Waals surface area contributed by atoms with Gasteiger partial charge in [0.15, 0.2) is 0 Å². The number of phenolic OH excluding ortho intramolecular Hbond substituents is 1. The maximum Gasteiger partial charge on any atom is 0.272 e. The second-order valence-electron chi connectivity index (χ2n) is 6.59. The summed E-state index contributed by atoms with van der Waals surface area (Å²) in [7, 11) is 0. The molecule has 1 saturated carbocycles. The number of non-ortho nitro benzene ring substituents is 1. The average Bonchev–Trinajstić information content (AvgIpc) is 3.53. The molecule has 8 heteroatoms. The van der Waals surface area contributed by atoms with E-state index in [1.165, 1.54) is 24.4 Å². The Labute approximate surface area is 159 Å². The lowest BCUT2D eigenvalue weighted by atomic mass is 10.1. The molecule has 0 radical (unpaired) electrons. The molecule has 8 nitrogen and oxygen atoms in total. The maximum atomic E-state index is 12.7. The summed E-state index contributed by atoms with van der Waals surface area (Å²) < 4.78 is 0. The fraction of sp³-hybridized carbons (Fsp3) is 0.150. The van der Waals surface area contributed by atoms with Crippen LogP contribution in [-0.4, -0.2) is 27.1 Å². The molecule has 0 aliphatic heterocycles. The van der Waals surface area contributed by atoms with E-state index in [0.29, 0.717) is 11.5 Å². The molecule has 1 aromatic heterocycles. The highest BCUT2D eigenvalue weighted by molar-refractivity contribution is 6.06. The number of hydrogen-bond donors (Lipinski definition) is 2. The van der Waals surface area contributed by atoms with Crippen molar-refractivity contribution in [2.24, 2.45) is 5.10 Å². The molecule has 1 amide bonds. The smallest absolute Gasteiger partial charge is 0.272 e. The standard InChI is InChI=1S/C20H16N4O4/c25-19-8-7-14(24(27)28)9-13(19)11-21-23-20(26)16-10-18(12-5-6-12)22-17-4-2-1-3-15(16)17/h1-4,7-12,25H,5-6H2,(H,23,26)/b21-11-. The van der Waals surface area contributed by atoms with E-state index in [-0.39, 0.29) is 17.0 Å². The highest BCUT2D eigenvalue weighted by Gasteiger charge is 2.26. The normalized spacial score (nSPS) is 13.7. The first kappa shape index (κ1) is 17.6. The zero-order valence-electron chi connectivity index (χ0n) is 14.7. The van der Waals surface area contributed by atoms with Gasteiger partial charge in [0.05, 0.1) is 22.2 Å². The first-order valence-corrected chi connectivity index (χ1v) is 8.73. The number of phenols is 1. The average molecular weight is 376 g/mol. The van der Waals surface area contributed by atoms with E-state index in [2.05, 4.69) is 15.5 Å². The van der Waals surface area contributed by atoms with Crippen molar-refractivity contribution in [3.05, 3.63) is 75.5 Å². The van der Waals surface area contributed by atoms with Crippen molar-refractivity contribution in [3.8, 4) is 5.75 Å². The Bertz CT molecular complexity index is 1120. The number of nitro groups is 1. The van der Waals surface area contributed by atoms with Crippen LogP contribution in [0.5, 0.6) is 5.75 Å². The van der Waals surface area contributed by atoms with Gasteiger partial charge in [-0.2, -0.15) is 5.10 Å². The minimum Gasteiger partial charge on any atom is -0.507 e. The monoisotopic (exact) mass is 376 g/mol. The number of benzene rings is 2. The van der Waals surface area contributed by atoms with Gasteiger partial charge in [0.1, 0.15) is 5.75 Å². The maximum absolute atomic E-state index is 12.7. The molecule has 4 rings (SSSR count). The topological polar surface area (TPSA) is 118 Å². The highest BCUT2D eigenvalue weighted by Crippen LogP contribution is 2.40. The van der Waals surface area contributed by atoms with Gasteiger partial charge in [0, 0.05) is 34.7 Å². The van der Waals surface area contributed by atoms with Crippen molar-refractivity contribution in [1.29, 1.82) is 0 Å². The zero-order chi connectivity index (χ0) is 19.7. The summed E-state index contributed by atoms with van der Waals surface area (Å²) in [5.41, 5.74) is 4.48. The second kappa shape index (κ2) is 7.07. The molecule has 2 aromatic carbocycles. The Morgan fingerprint density at radius 1 is 1.25 bits per heavy atom. The summed E-state index contributed by atoms with van der Waals surface area (Å²) in [6.45, 7) is 0. The lowest BCUT2D eigenvalue weighted by Crippen LogP contribution is -2.18. The van der Waals surface area contributed by atoms with Crippen molar-refractivity contribution in [2.75, 3.05) is 0 Å². The van der Waals surface area contributed by atoms with E-state index in [9.17, 15) is 20.0 Å². The van der Waals surface area contributed by atoms with E-state index in [1.807, 2.05) is 24.3 Å². The van der Waals surface area contributed by atoms with E-state index in [1.54, 1.807) is 6.07 Å². The predicted octanol–water partition coefficient (Wildman–Crippen LogP) is 3.49. The van der Waals surface area contributed by atoms with Crippen molar-refractivity contribution in [3.63, 3.8) is 0 Å². The Hall–Kier alpha value is -3.81. The molecule has 0 atom stereocenters. The third kappa shape index (κ3) is 3.52. The molecule has 0 spiro atoms. The summed E-state index contributed by atoms with van der Waals surface area (Å²) >= 11 is 0. The van der Waals surface area contributed by atoms with Gasteiger partial charge in [-0.25, -0.2) is 5.43 Å². The largest absolute Gasteiger partial charge is 0.507 e. The number of aromatic nitrogens is 1. The first-order chi connectivity index (χ1) is 13.5. The van der Waals surface area contributed by atoms with E-state index < -0.39 is 10.8 Å². The van der Waals surface area contributed by atoms with Gasteiger partial charge >= 0.3 is 0 Å². The molecule has 1 aliphatic carbocycles. The number of aromatic hydroxyl groups is 1. The highest BCUT2D eigenvalue weighted by atomic mass is 16.6. The molecule has 0 unspecified atom stereocenters. The van der Waals surface area contributed by atoms with Gasteiger partial charge in [0.25, 0.3) is 11.6 Å². The van der Waals surface area contributed by atoms with Crippen LogP contribution in [0.15, 0.2) is 53.6 Å². The number of rotatable bonds is 5. The van der Waals surface area contributed by atoms with E-state index in [0.717, 1.165) is 29.4 Å². The number of hydrazone groups is 1. The van der Waals surface area contributed by atoms with Crippen molar-refractivity contribution >= 4 is 28.7 Å².